The fourth-order valence-electron chi connectivity index (χ4n) is 3.85. The van der Waals surface area contributed by atoms with Crippen LogP contribution in [0.25, 0.3) is 0 Å². The summed E-state index contributed by atoms with van der Waals surface area (Å²) in [5.74, 6) is -1.25. The smallest absolute Gasteiger partial charge is 0.317 e. The zero-order valence-electron chi connectivity index (χ0n) is 17.3. The van der Waals surface area contributed by atoms with Gasteiger partial charge in [0, 0.05) is 25.2 Å². The van der Waals surface area contributed by atoms with Gasteiger partial charge >= 0.3 is 6.03 Å². The molecule has 2 atom stereocenters. The standard InChI is InChI=1S/C23H27F2N3O2/c1-3-26-23(30)28-14-18(22(29)27-13-17-6-4-5-7-20(17)25)9-11-21(28)16-8-10-19(24)15(2)12-16/h4-8,10,12,18,21H,3,9,11,13-14H2,1-2H3,(H,26,30)(H,27,29)/t18-,21-/m1/s1. The lowest BCUT2D eigenvalue weighted by molar-refractivity contribution is -0.126. The van der Waals surface area contributed by atoms with E-state index in [0.717, 1.165) is 5.56 Å². The van der Waals surface area contributed by atoms with Crippen LogP contribution >= 0.6 is 0 Å². The molecular formula is C23H27F2N3O2. The quantitative estimate of drug-likeness (QED) is 0.773. The molecule has 5 nitrogen and oxygen atoms in total. The topological polar surface area (TPSA) is 61.4 Å². The number of piperidine rings is 1. The molecule has 1 heterocycles. The number of likely N-dealkylation sites (tertiary alicyclic amines) is 1. The maximum absolute atomic E-state index is 13.8. The number of nitrogens with zero attached hydrogens (tertiary/aromatic N) is 1. The Morgan fingerprint density at radius 1 is 1.07 bits per heavy atom. The summed E-state index contributed by atoms with van der Waals surface area (Å²) in [6.07, 6.45) is 1.17. The van der Waals surface area contributed by atoms with Crippen LogP contribution in [0.15, 0.2) is 42.5 Å². The summed E-state index contributed by atoms with van der Waals surface area (Å²) in [7, 11) is 0. The van der Waals surface area contributed by atoms with Crippen molar-refractivity contribution in [1.29, 1.82) is 0 Å². The van der Waals surface area contributed by atoms with Crippen LogP contribution in [-0.2, 0) is 11.3 Å². The summed E-state index contributed by atoms with van der Waals surface area (Å²) < 4.78 is 27.5. The minimum absolute atomic E-state index is 0.101. The zero-order valence-corrected chi connectivity index (χ0v) is 17.3. The first kappa shape index (κ1) is 21.7. The second kappa shape index (κ2) is 9.69. The van der Waals surface area contributed by atoms with Crippen LogP contribution < -0.4 is 10.6 Å². The molecule has 30 heavy (non-hydrogen) atoms. The summed E-state index contributed by atoms with van der Waals surface area (Å²) in [5, 5.41) is 5.58. The molecule has 0 radical (unpaired) electrons. The molecule has 3 rings (SSSR count). The molecule has 0 bridgehead atoms. The molecule has 1 saturated heterocycles. The van der Waals surface area contributed by atoms with E-state index >= 15 is 0 Å². The lowest BCUT2D eigenvalue weighted by Crippen LogP contribution is -2.50. The summed E-state index contributed by atoms with van der Waals surface area (Å²) in [4.78, 5) is 27.0. The third-order valence-electron chi connectivity index (χ3n) is 5.52. The number of amides is 3. The number of aryl methyl sites for hydroxylation is 1. The van der Waals surface area contributed by atoms with Gasteiger partial charge in [0.25, 0.3) is 0 Å². The Balaban J connectivity index is 1.72. The van der Waals surface area contributed by atoms with Gasteiger partial charge in [-0.05, 0) is 49.9 Å². The molecule has 2 N–H and O–H groups in total. The third-order valence-corrected chi connectivity index (χ3v) is 5.52. The second-order valence-corrected chi connectivity index (χ2v) is 7.60. The fraction of sp³-hybridized carbons (Fsp3) is 0.391. The van der Waals surface area contributed by atoms with Gasteiger partial charge in [0.2, 0.25) is 5.91 Å². The SMILES string of the molecule is CCNC(=O)N1C[C@H](C(=O)NCc2ccccc2F)CC[C@@H]1c1ccc(F)c(C)c1. The zero-order chi connectivity index (χ0) is 21.7. The Morgan fingerprint density at radius 3 is 2.53 bits per heavy atom. The van der Waals surface area contributed by atoms with Crippen LogP contribution in [0.3, 0.4) is 0 Å². The van der Waals surface area contributed by atoms with E-state index in [9.17, 15) is 18.4 Å². The van der Waals surface area contributed by atoms with Gasteiger partial charge < -0.3 is 15.5 Å². The molecular weight excluding hydrogens is 388 g/mol. The van der Waals surface area contributed by atoms with E-state index in [0.29, 0.717) is 30.5 Å². The molecule has 7 heteroatoms. The van der Waals surface area contributed by atoms with Crippen molar-refractivity contribution in [1.82, 2.24) is 15.5 Å². The Morgan fingerprint density at radius 2 is 1.83 bits per heavy atom. The molecule has 2 aromatic carbocycles. The average Bonchev–Trinajstić information content (AvgIpc) is 2.74. The van der Waals surface area contributed by atoms with Crippen molar-refractivity contribution in [2.75, 3.05) is 13.1 Å². The lowest BCUT2D eigenvalue weighted by Gasteiger charge is -2.39. The molecule has 1 fully saturated rings. The number of hydrogen-bond acceptors (Lipinski definition) is 2. The molecule has 3 amide bonds. The van der Waals surface area contributed by atoms with Crippen molar-refractivity contribution >= 4 is 11.9 Å². The van der Waals surface area contributed by atoms with Crippen LogP contribution in [0.1, 0.15) is 42.5 Å². The highest BCUT2D eigenvalue weighted by molar-refractivity contribution is 5.81. The number of benzene rings is 2. The molecule has 0 unspecified atom stereocenters. The number of carbonyl (C=O) groups is 2. The van der Waals surface area contributed by atoms with E-state index in [2.05, 4.69) is 10.6 Å². The van der Waals surface area contributed by atoms with Gasteiger partial charge in [-0.1, -0.05) is 30.3 Å². The maximum atomic E-state index is 13.8. The van der Waals surface area contributed by atoms with Crippen molar-refractivity contribution in [2.24, 2.45) is 5.92 Å². The Labute approximate surface area is 175 Å². The van der Waals surface area contributed by atoms with Gasteiger partial charge in [0.1, 0.15) is 11.6 Å². The van der Waals surface area contributed by atoms with E-state index in [1.54, 1.807) is 42.2 Å². The number of nitrogens with one attached hydrogen (secondary N) is 2. The van der Waals surface area contributed by atoms with Crippen molar-refractivity contribution in [2.45, 2.75) is 39.3 Å². The van der Waals surface area contributed by atoms with Crippen molar-refractivity contribution in [3.05, 3.63) is 70.8 Å². The Hall–Kier alpha value is -2.96. The van der Waals surface area contributed by atoms with Gasteiger partial charge in [-0.15, -0.1) is 0 Å². The Kier molecular flexibility index (Phi) is 7.03. The molecule has 0 spiro atoms. The second-order valence-electron chi connectivity index (χ2n) is 7.60. The van der Waals surface area contributed by atoms with Gasteiger partial charge in [-0.2, -0.15) is 0 Å². The molecule has 1 aliphatic rings. The molecule has 2 aromatic rings. The first-order valence-corrected chi connectivity index (χ1v) is 10.2. The van der Waals surface area contributed by atoms with Gasteiger partial charge in [0.15, 0.2) is 0 Å². The van der Waals surface area contributed by atoms with E-state index in [-0.39, 0.29) is 42.7 Å². The number of rotatable bonds is 5. The van der Waals surface area contributed by atoms with Crippen LogP contribution in [0.5, 0.6) is 0 Å². The normalized spacial score (nSPS) is 18.7. The van der Waals surface area contributed by atoms with Crippen LogP contribution in [-0.4, -0.2) is 29.9 Å². The van der Waals surface area contributed by atoms with E-state index < -0.39 is 5.92 Å². The molecule has 0 aliphatic carbocycles. The largest absolute Gasteiger partial charge is 0.352 e. The van der Waals surface area contributed by atoms with E-state index in [4.69, 9.17) is 0 Å². The highest BCUT2D eigenvalue weighted by Crippen LogP contribution is 2.34. The predicted octanol–water partition coefficient (Wildman–Crippen LogP) is 4.07. The first-order valence-electron chi connectivity index (χ1n) is 10.2. The number of halogens is 2. The summed E-state index contributed by atoms with van der Waals surface area (Å²) in [6, 6.07) is 10.7. The molecule has 160 valence electrons. The average molecular weight is 415 g/mol. The van der Waals surface area contributed by atoms with Crippen LogP contribution in [0.2, 0.25) is 0 Å². The minimum atomic E-state index is -0.392. The maximum Gasteiger partial charge on any atom is 0.317 e. The number of urea groups is 1. The van der Waals surface area contributed by atoms with Crippen LogP contribution in [0, 0.1) is 24.5 Å². The van der Waals surface area contributed by atoms with E-state index in [1.165, 1.54) is 12.1 Å². The number of hydrogen-bond donors (Lipinski definition) is 2. The van der Waals surface area contributed by atoms with Crippen molar-refractivity contribution in [3.8, 4) is 0 Å². The van der Waals surface area contributed by atoms with Crippen LogP contribution in [0.4, 0.5) is 13.6 Å². The summed E-state index contributed by atoms with van der Waals surface area (Å²) in [5.41, 5.74) is 1.79. The molecule has 0 saturated carbocycles. The summed E-state index contributed by atoms with van der Waals surface area (Å²) >= 11 is 0. The van der Waals surface area contributed by atoms with Gasteiger partial charge in [-0.25, -0.2) is 13.6 Å². The molecule has 1 aliphatic heterocycles. The highest BCUT2D eigenvalue weighted by Gasteiger charge is 2.35. The van der Waals surface area contributed by atoms with E-state index in [1.807, 2.05) is 6.92 Å². The highest BCUT2D eigenvalue weighted by atomic mass is 19.1. The third kappa shape index (κ3) is 4.96. The monoisotopic (exact) mass is 415 g/mol. The molecule has 0 aromatic heterocycles. The fourth-order valence-corrected chi connectivity index (χ4v) is 3.85. The predicted molar refractivity (Wildman–Crippen MR) is 111 cm³/mol. The van der Waals surface area contributed by atoms with Gasteiger partial charge in [0.05, 0.1) is 12.0 Å². The Bertz CT molecular complexity index is 919. The van der Waals surface area contributed by atoms with Crippen molar-refractivity contribution < 1.29 is 18.4 Å². The number of carbonyl (C=O) groups excluding carboxylic acids is 2. The lowest BCUT2D eigenvalue weighted by atomic mass is 9.88. The first-order chi connectivity index (χ1) is 14.4. The summed E-state index contributed by atoms with van der Waals surface area (Å²) in [6.45, 7) is 4.34. The minimum Gasteiger partial charge on any atom is -0.352 e. The van der Waals surface area contributed by atoms with Gasteiger partial charge in [-0.3, -0.25) is 4.79 Å². The van der Waals surface area contributed by atoms with Crippen molar-refractivity contribution in [3.63, 3.8) is 0 Å².